The fraction of sp³-hybridized carbons (Fsp3) is 0.464. The lowest BCUT2D eigenvalue weighted by Gasteiger charge is -2.30. The average molecular weight is 434 g/mol. The number of benzene rings is 2. The number of unbranched alkanes of at least 4 members (excludes halogenated alkanes) is 1. The van der Waals surface area contributed by atoms with Gasteiger partial charge in [-0.25, -0.2) is 0 Å². The first-order valence-electron chi connectivity index (χ1n) is 12.1. The molecule has 1 saturated heterocycles. The van der Waals surface area contributed by atoms with E-state index < -0.39 is 0 Å². The molecule has 3 rings (SSSR count). The van der Waals surface area contributed by atoms with Crippen molar-refractivity contribution in [3.63, 3.8) is 0 Å². The van der Waals surface area contributed by atoms with Crippen molar-refractivity contribution in [3.8, 4) is 5.75 Å². The summed E-state index contributed by atoms with van der Waals surface area (Å²) in [7, 11) is 0. The molecule has 0 saturated carbocycles. The molecule has 0 spiro atoms. The monoisotopic (exact) mass is 433 g/mol. The molecule has 0 unspecified atom stereocenters. The normalized spacial score (nSPS) is 16.3. The molecule has 0 amide bonds. The summed E-state index contributed by atoms with van der Waals surface area (Å²) in [6.45, 7) is 13.9. The average Bonchev–Trinajstić information content (AvgIpc) is 3.33. The molecular formula is C28H39N3O. The summed E-state index contributed by atoms with van der Waals surface area (Å²) in [5.41, 5.74) is 6.25. The van der Waals surface area contributed by atoms with Crippen molar-refractivity contribution in [1.82, 2.24) is 10.2 Å². The third-order valence-corrected chi connectivity index (χ3v) is 6.36. The predicted molar refractivity (Wildman–Crippen MR) is 136 cm³/mol. The third kappa shape index (κ3) is 6.46. The van der Waals surface area contributed by atoms with E-state index in [0.717, 1.165) is 67.8 Å². The molecule has 0 aliphatic carbocycles. The van der Waals surface area contributed by atoms with Crippen LogP contribution in [0.15, 0.2) is 59.7 Å². The van der Waals surface area contributed by atoms with Gasteiger partial charge >= 0.3 is 0 Å². The molecule has 1 aliphatic heterocycles. The topological polar surface area (TPSA) is 47.9 Å². The van der Waals surface area contributed by atoms with Crippen molar-refractivity contribution >= 4 is 11.4 Å². The number of hydrogen-bond acceptors (Lipinski definition) is 4. The number of hydrogen-bond donors (Lipinski definition) is 2. The lowest BCUT2D eigenvalue weighted by atomic mass is 10.0. The van der Waals surface area contributed by atoms with E-state index in [2.05, 4.69) is 42.8 Å². The quantitative estimate of drug-likeness (QED) is 0.330. The van der Waals surface area contributed by atoms with Crippen LogP contribution in [0.25, 0.3) is 0 Å². The van der Waals surface area contributed by atoms with Crippen LogP contribution in [0, 0.1) is 6.92 Å². The molecule has 4 heteroatoms. The van der Waals surface area contributed by atoms with Crippen LogP contribution < -0.4 is 5.32 Å². The van der Waals surface area contributed by atoms with Crippen molar-refractivity contribution in [2.24, 2.45) is 4.99 Å². The SMILES string of the molecule is C=C([C@H]1CCCN1)N(CCC)CCCCc1ccc(O)c(C(C)=Nc2ccccc2C)c1. The minimum atomic E-state index is 0.290. The van der Waals surface area contributed by atoms with Crippen LogP contribution in [0.1, 0.15) is 62.6 Å². The highest BCUT2D eigenvalue weighted by atomic mass is 16.3. The fourth-order valence-corrected chi connectivity index (χ4v) is 4.45. The Balaban J connectivity index is 1.58. The standard InChI is InChI=1S/C28H39N3O/c1-5-18-31(23(4)27-14-10-17-29-27)19-9-8-12-24-15-16-28(32)25(20-24)22(3)30-26-13-7-6-11-21(26)2/h6-7,11,13,15-16,20,27,29,32H,4-5,8-10,12,14,17-19H2,1-3H3/t27-/m1/s1. The van der Waals surface area contributed by atoms with E-state index in [-0.39, 0.29) is 5.75 Å². The van der Waals surface area contributed by atoms with Gasteiger partial charge in [-0.15, -0.1) is 0 Å². The van der Waals surface area contributed by atoms with E-state index in [1.54, 1.807) is 6.07 Å². The molecular weight excluding hydrogens is 394 g/mol. The molecule has 172 valence electrons. The summed E-state index contributed by atoms with van der Waals surface area (Å²) in [4.78, 5) is 7.24. The van der Waals surface area contributed by atoms with Crippen LogP contribution in [-0.2, 0) is 6.42 Å². The second-order valence-electron chi connectivity index (χ2n) is 8.92. The van der Waals surface area contributed by atoms with E-state index >= 15 is 0 Å². The number of rotatable bonds is 11. The summed E-state index contributed by atoms with van der Waals surface area (Å²) < 4.78 is 0. The van der Waals surface area contributed by atoms with E-state index in [9.17, 15) is 5.11 Å². The van der Waals surface area contributed by atoms with Crippen LogP contribution in [-0.4, -0.2) is 41.4 Å². The Bertz CT molecular complexity index is 928. The summed E-state index contributed by atoms with van der Waals surface area (Å²) in [6.07, 6.45) is 6.85. The van der Waals surface area contributed by atoms with Crippen LogP contribution in [0.2, 0.25) is 0 Å². The zero-order valence-corrected chi connectivity index (χ0v) is 20.0. The number of nitrogens with one attached hydrogen (secondary N) is 1. The van der Waals surface area contributed by atoms with Gasteiger partial charge in [0.1, 0.15) is 5.75 Å². The molecule has 2 N–H and O–H groups in total. The summed E-state index contributed by atoms with van der Waals surface area (Å²) in [5, 5.41) is 14.0. The van der Waals surface area contributed by atoms with Crippen molar-refractivity contribution in [3.05, 3.63) is 71.4 Å². The zero-order valence-electron chi connectivity index (χ0n) is 20.0. The number of para-hydroxylation sites is 1. The van der Waals surface area contributed by atoms with E-state index in [1.165, 1.54) is 24.1 Å². The first-order valence-corrected chi connectivity index (χ1v) is 12.1. The Morgan fingerprint density at radius 1 is 1.19 bits per heavy atom. The molecule has 1 aliphatic rings. The van der Waals surface area contributed by atoms with Crippen molar-refractivity contribution < 1.29 is 5.11 Å². The van der Waals surface area contributed by atoms with Gasteiger partial charge < -0.3 is 15.3 Å². The molecule has 32 heavy (non-hydrogen) atoms. The van der Waals surface area contributed by atoms with Crippen molar-refractivity contribution in [2.75, 3.05) is 19.6 Å². The van der Waals surface area contributed by atoms with Crippen LogP contribution in [0.5, 0.6) is 5.75 Å². The Hall–Kier alpha value is -2.59. The van der Waals surface area contributed by atoms with E-state index in [1.807, 2.05) is 31.2 Å². The molecule has 1 atom stereocenters. The molecule has 0 radical (unpaired) electrons. The van der Waals surface area contributed by atoms with E-state index in [4.69, 9.17) is 4.99 Å². The lowest BCUT2D eigenvalue weighted by molar-refractivity contribution is 0.310. The number of aliphatic imine (C=N–C) groups is 1. The zero-order chi connectivity index (χ0) is 22.9. The number of aryl methyl sites for hydroxylation is 2. The van der Waals surface area contributed by atoms with Crippen LogP contribution in [0.4, 0.5) is 5.69 Å². The Morgan fingerprint density at radius 2 is 2.00 bits per heavy atom. The smallest absolute Gasteiger partial charge is 0.124 e. The fourth-order valence-electron chi connectivity index (χ4n) is 4.45. The van der Waals surface area contributed by atoms with Gasteiger partial charge in [-0.1, -0.05) is 37.8 Å². The minimum Gasteiger partial charge on any atom is -0.507 e. The Morgan fingerprint density at radius 3 is 2.72 bits per heavy atom. The molecule has 0 aromatic heterocycles. The Labute approximate surface area is 194 Å². The number of phenolic OH excluding ortho intramolecular Hbond substituents is 1. The predicted octanol–water partition coefficient (Wildman–Crippen LogP) is 6.14. The van der Waals surface area contributed by atoms with E-state index in [0.29, 0.717) is 6.04 Å². The molecule has 2 aromatic carbocycles. The highest BCUT2D eigenvalue weighted by molar-refractivity contribution is 6.02. The maximum absolute atomic E-state index is 10.4. The molecule has 4 nitrogen and oxygen atoms in total. The first kappa shape index (κ1) is 24.1. The number of nitrogens with zero attached hydrogens (tertiary/aromatic N) is 2. The Kier molecular flexibility index (Phi) is 8.92. The second kappa shape index (κ2) is 11.9. The maximum Gasteiger partial charge on any atom is 0.124 e. The summed E-state index contributed by atoms with van der Waals surface area (Å²) in [6, 6.07) is 14.5. The summed E-state index contributed by atoms with van der Waals surface area (Å²) in [5.74, 6) is 0.290. The second-order valence-corrected chi connectivity index (χ2v) is 8.92. The molecule has 1 heterocycles. The summed E-state index contributed by atoms with van der Waals surface area (Å²) >= 11 is 0. The largest absolute Gasteiger partial charge is 0.507 e. The highest BCUT2D eigenvalue weighted by Crippen LogP contribution is 2.25. The molecule has 1 fully saturated rings. The lowest BCUT2D eigenvalue weighted by Crippen LogP contribution is -2.35. The van der Waals surface area contributed by atoms with Gasteiger partial charge in [0.05, 0.1) is 5.69 Å². The highest BCUT2D eigenvalue weighted by Gasteiger charge is 2.21. The van der Waals surface area contributed by atoms with Gasteiger partial charge in [0.25, 0.3) is 0 Å². The maximum atomic E-state index is 10.4. The number of phenols is 1. The van der Waals surface area contributed by atoms with Gasteiger partial charge in [0.15, 0.2) is 0 Å². The van der Waals surface area contributed by atoms with Crippen LogP contribution in [0.3, 0.4) is 0 Å². The molecule has 0 bridgehead atoms. The van der Waals surface area contributed by atoms with Crippen molar-refractivity contribution in [1.29, 1.82) is 0 Å². The third-order valence-electron chi connectivity index (χ3n) is 6.36. The van der Waals surface area contributed by atoms with Gasteiger partial charge in [-0.2, -0.15) is 0 Å². The molecule has 2 aromatic rings. The van der Waals surface area contributed by atoms with Crippen LogP contribution >= 0.6 is 0 Å². The van der Waals surface area contributed by atoms with Gasteiger partial charge in [0.2, 0.25) is 0 Å². The minimum absolute atomic E-state index is 0.290. The van der Waals surface area contributed by atoms with Gasteiger partial charge in [-0.05, 0) is 88.2 Å². The van der Waals surface area contributed by atoms with Gasteiger partial charge in [-0.3, -0.25) is 4.99 Å². The van der Waals surface area contributed by atoms with Crippen molar-refractivity contribution in [2.45, 2.75) is 65.3 Å². The first-order chi connectivity index (χ1) is 15.5. The number of aromatic hydroxyl groups is 1. The van der Waals surface area contributed by atoms with Gasteiger partial charge in [0, 0.05) is 36.1 Å².